The van der Waals surface area contributed by atoms with Crippen LogP contribution in [0.5, 0.6) is 0 Å². The molecule has 4 rings (SSSR count). The zero-order valence-corrected chi connectivity index (χ0v) is 15.2. The van der Waals surface area contributed by atoms with Crippen molar-refractivity contribution in [2.24, 2.45) is 7.05 Å². The largest absolute Gasteiger partial charge is 0.353 e. The summed E-state index contributed by atoms with van der Waals surface area (Å²) in [6, 6.07) is 5.14. The average Bonchev–Trinajstić information content (AvgIpc) is 3.37. The lowest BCUT2D eigenvalue weighted by Crippen LogP contribution is -2.39. The first-order valence-electron chi connectivity index (χ1n) is 9.18. The van der Waals surface area contributed by atoms with Gasteiger partial charge in [0, 0.05) is 38.5 Å². The molecule has 2 aromatic rings. The number of amides is 2. The molecule has 27 heavy (non-hydrogen) atoms. The van der Waals surface area contributed by atoms with E-state index in [1.807, 2.05) is 10.7 Å². The molecule has 9 nitrogen and oxygen atoms in total. The van der Waals surface area contributed by atoms with Gasteiger partial charge in [-0.2, -0.15) is 10.2 Å². The number of nitrogens with zero attached hydrogens (tertiary/aromatic N) is 5. The minimum absolute atomic E-state index is 0.0704. The van der Waals surface area contributed by atoms with Gasteiger partial charge in [0.15, 0.2) is 0 Å². The summed E-state index contributed by atoms with van der Waals surface area (Å²) in [5.41, 5.74) is 1.81. The Hall–Kier alpha value is -2.97. The molecule has 2 amide bonds. The van der Waals surface area contributed by atoms with Gasteiger partial charge >= 0.3 is 0 Å². The Morgan fingerprint density at radius 2 is 2.04 bits per heavy atom. The molecule has 1 fully saturated rings. The summed E-state index contributed by atoms with van der Waals surface area (Å²) in [6.07, 6.45) is 3.18. The molecule has 9 heteroatoms. The smallest absolute Gasteiger partial charge is 0.274 e. The van der Waals surface area contributed by atoms with Crippen LogP contribution in [0.1, 0.15) is 41.1 Å². The van der Waals surface area contributed by atoms with Crippen LogP contribution in [-0.4, -0.2) is 48.9 Å². The molecule has 0 aromatic carbocycles. The lowest BCUT2D eigenvalue weighted by Gasteiger charge is -2.27. The fraction of sp³-hybridized carbons (Fsp3) is 0.500. The van der Waals surface area contributed by atoms with Crippen molar-refractivity contribution in [3.8, 4) is 0 Å². The number of carbonyl (C=O) groups excluding carboxylic acids is 2. The second-order valence-corrected chi connectivity index (χ2v) is 7.10. The lowest BCUT2D eigenvalue weighted by molar-refractivity contribution is -0.121. The van der Waals surface area contributed by atoms with E-state index in [1.165, 1.54) is 19.2 Å². The maximum atomic E-state index is 12.7. The van der Waals surface area contributed by atoms with Crippen molar-refractivity contribution < 1.29 is 9.59 Å². The van der Waals surface area contributed by atoms with E-state index in [1.54, 1.807) is 4.90 Å². The predicted molar refractivity (Wildman–Crippen MR) is 95.9 cm³/mol. The van der Waals surface area contributed by atoms with Crippen LogP contribution in [-0.2, 0) is 31.4 Å². The van der Waals surface area contributed by atoms with Crippen LogP contribution < -0.4 is 10.9 Å². The molecule has 1 aliphatic heterocycles. The van der Waals surface area contributed by atoms with E-state index in [-0.39, 0.29) is 23.1 Å². The molecule has 142 valence electrons. The quantitative estimate of drug-likeness (QED) is 0.788. The molecule has 0 atom stereocenters. The van der Waals surface area contributed by atoms with Gasteiger partial charge < -0.3 is 10.2 Å². The van der Waals surface area contributed by atoms with Gasteiger partial charge in [0.25, 0.3) is 11.5 Å². The second-order valence-electron chi connectivity index (χ2n) is 7.10. The molecule has 0 radical (unpaired) electrons. The van der Waals surface area contributed by atoms with Crippen molar-refractivity contribution in [1.82, 2.24) is 29.8 Å². The highest BCUT2D eigenvalue weighted by atomic mass is 16.2. The number of carbonyl (C=O) groups is 2. The number of fused-ring (bicyclic) bond motifs is 1. The van der Waals surface area contributed by atoms with Gasteiger partial charge in [-0.05, 0) is 25.0 Å². The van der Waals surface area contributed by atoms with E-state index in [0.29, 0.717) is 38.5 Å². The third kappa shape index (κ3) is 3.91. The van der Waals surface area contributed by atoms with Crippen LogP contribution >= 0.6 is 0 Å². The monoisotopic (exact) mass is 370 g/mol. The van der Waals surface area contributed by atoms with Gasteiger partial charge in [-0.15, -0.1) is 0 Å². The van der Waals surface area contributed by atoms with Crippen LogP contribution in [0.15, 0.2) is 23.0 Å². The minimum Gasteiger partial charge on any atom is -0.353 e. The van der Waals surface area contributed by atoms with E-state index in [2.05, 4.69) is 15.5 Å². The summed E-state index contributed by atoms with van der Waals surface area (Å²) in [4.78, 5) is 37.6. The Bertz CT molecular complexity index is 943. The highest BCUT2D eigenvalue weighted by Gasteiger charge is 2.25. The van der Waals surface area contributed by atoms with Crippen LogP contribution in [0.2, 0.25) is 0 Å². The predicted octanol–water partition coefficient (Wildman–Crippen LogP) is -0.156. The number of hydrogen-bond acceptors (Lipinski definition) is 5. The molecule has 3 heterocycles. The summed E-state index contributed by atoms with van der Waals surface area (Å²) < 4.78 is 3.05. The Labute approximate surface area is 156 Å². The number of hydrogen-bond donors (Lipinski definition) is 1. The van der Waals surface area contributed by atoms with Crippen LogP contribution in [0.25, 0.3) is 0 Å². The van der Waals surface area contributed by atoms with Gasteiger partial charge in [-0.3, -0.25) is 19.1 Å². The van der Waals surface area contributed by atoms with Crippen molar-refractivity contribution in [3.63, 3.8) is 0 Å². The molecule has 0 spiro atoms. The normalized spacial score (nSPS) is 16.1. The van der Waals surface area contributed by atoms with E-state index >= 15 is 0 Å². The number of aryl methyl sites for hydroxylation is 2. The van der Waals surface area contributed by atoms with Gasteiger partial charge in [0.05, 0.1) is 24.5 Å². The van der Waals surface area contributed by atoms with E-state index in [4.69, 9.17) is 0 Å². The molecule has 2 aromatic heterocycles. The summed E-state index contributed by atoms with van der Waals surface area (Å²) >= 11 is 0. The van der Waals surface area contributed by atoms with Crippen molar-refractivity contribution in [2.75, 3.05) is 6.54 Å². The molecule has 0 saturated heterocycles. The lowest BCUT2D eigenvalue weighted by atomic mass is 10.2. The standard InChI is InChI=1S/C18H22N6O3/c1-22-17(26)7-5-15(21-22)18(27)23-8-9-24-14(11-23)10-13(20-24)4-6-16(25)19-12-2-3-12/h5,7,10,12H,2-4,6,8-9,11H2,1H3,(H,19,25). The maximum absolute atomic E-state index is 12.7. The fourth-order valence-electron chi connectivity index (χ4n) is 3.17. The number of nitrogens with one attached hydrogen (secondary N) is 1. The zero-order valence-electron chi connectivity index (χ0n) is 15.2. The van der Waals surface area contributed by atoms with Gasteiger partial charge in [0.2, 0.25) is 5.91 Å². The highest BCUT2D eigenvalue weighted by Crippen LogP contribution is 2.19. The Morgan fingerprint density at radius 1 is 1.22 bits per heavy atom. The van der Waals surface area contributed by atoms with Crippen LogP contribution in [0.4, 0.5) is 0 Å². The van der Waals surface area contributed by atoms with E-state index < -0.39 is 0 Å². The van der Waals surface area contributed by atoms with Crippen molar-refractivity contribution in [2.45, 2.75) is 44.8 Å². The number of aromatic nitrogens is 4. The summed E-state index contributed by atoms with van der Waals surface area (Å²) in [7, 11) is 1.52. The highest BCUT2D eigenvalue weighted by molar-refractivity contribution is 5.92. The molecule has 1 N–H and O–H groups in total. The maximum Gasteiger partial charge on any atom is 0.274 e. The van der Waals surface area contributed by atoms with Gasteiger partial charge in [0.1, 0.15) is 5.69 Å². The second kappa shape index (κ2) is 6.98. The molecular formula is C18H22N6O3. The zero-order chi connectivity index (χ0) is 19.0. The Balaban J connectivity index is 1.39. The molecule has 2 aliphatic rings. The minimum atomic E-state index is -0.251. The Morgan fingerprint density at radius 3 is 2.78 bits per heavy atom. The molecule has 0 bridgehead atoms. The van der Waals surface area contributed by atoms with Crippen molar-refractivity contribution in [1.29, 1.82) is 0 Å². The van der Waals surface area contributed by atoms with E-state index in [0.717, 1.165) is 28.9 Å². The molecular weight excluding hydrogens is 348 g/mol. The third-order valence-electron chi connectivity index (χ3n) is 4.87. The number of rotatable bonds is 5. The topological polar surface area (TPSA) is 102 Å². The summed E-state index contributed by atoms with van der Waals surface area (Å²) in [5, 5.41) is 11.6. The van der Waals surface area contributed by atoms with Crippen molar-refractivity contribution in [3.05, 3.63) is 45.6 Å². The van der Waals surface area contributed by atoms with Crippen LogP contribution in [0, 0.1) is 0 Å². The average molecular weight is 370 g/mol. The first kappa shape index (κ1) is 17.4. The van der Waals surface area contributed by atoms with Crippen molar-refractivity contribution >= 4 is 11.8 Å². The van der Waals surface area contributed by atoms with E-state index in [9.17, 15) is 14.4 Å². The van der Waals surface area contributed by atoms with Gasteiger partial charge in [-0.1, -0.05) is 0 Å². The molecule has 0 unspecified atom stereocenters. The molecule has 1 saturated carbocycles. The first-order chi connectivity index (χ1) is 13.0. The summed E-state index contributed by atoms with van der Waals surface area (Å²) in [5.74, 6) is -0.135. The summed E-state index contributed by atoms with van der Waals surface area (Å²) in [6.45, 7) is 1.56. The fourth-order valence-corrected chi connectivity index (χ4v) is 3.17. The SMILES string of the molecule is Cn1nc(C(=O)N2CCn3nc(CCC(=O)NC4CC4)cc3C2)ccc1=O. The Kier molecular flexibility index (Phi) is 4.51. The van der Waals surface area contributed by atoms with Crippen LogP contribution in [0.3, 0.4) is 0 Å². The van der Waals surface area contributed by atoms with Gasteiger partial charge in [-0.25, -0.2) is 4.68 Å². The molecule has 1 aliphatic carbocycles. The third-order valence-corrected chi connectivity index (χ3v) is 4.87. The first-order valence-corrected chi connectivity index (χ1v) is 9.18.